The molecule has 0 spiro atoms. The molecule has 0 unspecified atom stereocenters. The lowest BCUT2D eigenvalue weighted by molar-refractivity contribution is -0.0450. The summed E-state index contributed by atoms with van der Waals surface area (Å²) in [5.41, 5.74) is -5.46. The number of ether oxygens (including phenoxy) is 1. The van der Waals surface area contributed by atoms with Crippen molar-refractivity contribution in [2.75, 3.05) is 65.5 Å². The Bertz CT molecular complexity index is 2390. The van der Waals surface area contributed by atoms with E-state index in [1.807, 2.05) is 37.5 Å². The first-order chi connectivity index (χ1) is 30.7. The molecule has 4 amide bonds. The van der Waals surface area contributed by atoms with Gasteiger partial charge in [-0.25, -0.2) is 0 Å². The molecule has 0 radical (unpaired) electrons. The van der Waals surface area contributed by atoms with Crippen molar-refractivity contribution >= 4 is 23.6 Å². The van der Waals surface area contributed by atoms with Gasteiger partial charge in [0, 0.05) is 95.3 Å². The van der Waals surface area contributed by atoms with Crippen LogP contribution in [0.5, 0.6) is 0 Å². The molecule has 352 valence electrons. The highest BCUT2D eigenvalue weighted by molar-refractivity contribution is 5.93. The second kappa shape index (κ2) is 22.9. The fourth-order valence-corrected chi connectivity index (χ4v) is 6.53. The van der Waals surface area contributed by atoms with Crippen LogP contribution >= 0.6 is 0 Å². The summed E-state index contributed by atoms with van der Waals surface area (Å²) in [6.45, 7) is 9.71. The molecule has 0 saturated heterocycles. The molecule has 4 rings (SSSR count). The van der Waals surface area contributed by atoms with Gasteiger partial charge in [-0.2, -0.15) is 0 Å². The maximum Gasteiger partial charge on any atom is 0.283 e. The topological polar surface area (TPSA) is 301 Å². The van der Waals surface area contributed by atoms with Gasteiger partial charge in [0.1, 0.15) is 22.8 Å². The van der Waals surface area contributed by atoms with E-state index < -0.39 is 57.0 Å². The zero-order valence-corrected chi connectivity index (χ0v) is 36.6. The van der Waals surface area contributed by atoms with E-state index in [-0.39, 0.29) is 101 Å². The van der Waals surface area contributed by atoms with Gasteiger partial charge in [0.15, 0.2) is 0 Å². The molecule has 4 aromatic rings. The Kier molecular flexibility index (Phi) is 17.8. The molecule has 4 heterocycles. The first-order valence-corrected chi connectivity index (χ1v) is 20.6. The maximum absolute atomic E-state index is 12.8. The average molecular weight is 909 g/mol. The standard InChI is InChI=1S/C42H56N10O13/c1-41(2,48(26-21-45-39(59)31-11-7-15-35(55)51(31)63)27-22-46-40(60)32-12-8-16-36(56)52(32)64)18-28-65-42(3,4)17-23-47(24-19-43-37(57)29-9-5-13-33(53)49(29)61)25-20-44-38(58)30-10-6-14-34(54)50(30)62/h5-16,61-64H,17-28H2,1-4H3,(H,43,57)(H,44,58)(H,45,59)(H,46,60). The number of rotatable bonds is 24. The lowest BCUT2D eigenvalue weighted by Crippen LogP contribution is -2.51. The van der Waals surface area contributed by atoms with Crippen LogP contribution in [0.25, 0.3) is 0 Å². The largest absolute Gasteiger partial charge is 0.425 e. The van der Waals surface area contributed by atoms with Crippen LogP contribution in [0.15, 0.2) is 92.0 Å². The van der Waals surface area contributed by atoms with Crippen LogP contribution in [-0.4, -0.2) is 150 Å². The minimum atomic E-state index is -0.776. The minimum Gasteiger partial charge on any atom is -0.425 e. The van der Waals surface area contributed by atoms with Crippen molar-refractivity contribution in [3.8, 4) is 0 Å². The summed E-state index contributed by atoms with van der Waals surface area (Å²) < 4.78 is 7.38. The van der Waals surface area contributed by atoms with Gasteiger partial charge in [-0.1, -0.05) is 24.3 Å². The Labute approximate surface area is 371 Å². The quantitative estimate of drug-likeness (QED) is 0.0402. The smallest absolute Gasteiger partial charge is 0.283 e. The first-order valence-electron chi connectivity index (χ1n) is 20.6. The van der Waals surface area contributed by atoms with Gasteiger partial charge in [0.25, 0.3) is 45.9 Å². The fourth-order valence-electron chi connectivity index (χ4n) is 6.53. The molecule has 0 aliphatic carbocycles. The normalized spacial score (nSPS) is 11.7. The van der Waals surface area contributed by atoms with Crippen molar-refractivity contribution in [3.05, 3.63) is 137 Å². The van der Waals surface area contributed by atoms with E-state index in [0.29, 0.717) is 19.4 Å². The second-order valence-electron chi connectivity index (χ2n) is 16.0. The summed E-state index contributed by atoms with van der Waals surface area (Å²) in [6, 6.07) is 14.9. The SMILES string of the molecule is CC(C)(CCN(CCNC(=O)c1cccc(=O)n1O)CCNC(=O)c1cccc(=O)n1O)OCCC(C)(C)N(CCNC(=O)c1cccc(=O)n1O)CCNC(=O)c1cccc(=O)n1O. The number of nitrogens with zero attached hydrogens (tertiary/aromatic N) is 6. The van der Waals surface area contributed by atoms with Crippen LogP contribution in [0.1, 0.15) is 82.5 Å². The number of nitrogens with one attached hydrogen (secondary N) is 4. The molecule has 0 saturated carbocycles. The van der Waals surface area contributed by atoms with Crippen molar-refractivity contribution in [2.45, 2.75) is 51.7 Å². The first kappa shape index (κ1) is 50.4. The number of carbonyl (C=O) groups is 4. The molecule has 23 heteroatoms. The molecule has 65 heavy (non-hydrogen) atoms. The molecule has 8 N–H and O–H groups in total. The van der Waals surface area contributed by atoms with E-state index in [1.165, 1.54) is 48.5 Å². The minimum absolute atomic E-state index is 0.0767. The van der Waals surface area contributed by atoms with Crippen molar-refractivity contribution in [1.29, 1.82) is 0 Å². The van der Waals surface area contributed by atoms with Gasteiger partial charge < -0.3 is 46.8 Å². The van der Waals surface area contributed by atoms with Crippen LogP contribution in [0.2, 0.25) is 0 Å². The average Bonchev–Trinajstić information content (AvgIpc) is 3.25. The van der Waals surface area contributed by atoms with Gasteiger partial charge in [-0.15, -0.1) is 18.9 Å². The predicted octanol–water partition coefficient (Wildman–Crippen LogP) is -0.740. The summed E-state index contributed by atoms with van der Waals surface area (Å²) in [5.74, 6) is -2.75. The van der Waals surface area contributed by atoms with E-state index in [2.05, 4.69) is 21.3 Å². The number of aromatic nitrogens is 4. The molecule has 0 bridgehead atoms. The Morgan fingerprint density at radius 3 is 1.12 bits per heavy atom. The van der Waals surface area contributed by atoms with Crippen LogP contribution in [0.3, 0.4) is 0 Å². The van der Waals surface area contributed by atoms with Crippen LogP contribution in [0, 0.1) is 0 Å². The van der Waals surface area contributed by atoms with Gasteiger partial charge in [-0.3, -0.25) is 48.2 Å². The Balaban J connectivity index is 1.38. The third-order valence-corrected chi connectivity index (χ3v) is 10.5. The third kappa shape index (κ3) is 14.4. The zero-order valence-electron chi connectivity index (χ0n) is 36.6. The lowest BCUT2D eigenvalue weighted by atomic mass is 9.97. The van der Waals surface area contributed by atoms with E-state index in [4.69, 9.17) is 4.74 Å². The van der Waals surface area contributed by atoms with Crippen LogP contribution in [-0.2, 0) is 4.74 Å². The van der Waals surface area contributed by atoms with Gasteiger partial charge >= 0.3 is 0 Å². The molecule has 0 atom stereocenters. The molecule has 0 aromatic carbocycles. The zero-order chi connectivity index (χ0) is 47.9. The van der Waals surface area contributed by atoms with E-state index in [1.54, 1.807) is 0 Å². The maximum atomic E-state index is 12.8. The van der Waals surface area contributed by atoms with Crippen molar-refractivity contribution in [2.24, 2.45) is 0 Å². The monoisotopic (exact) mass is 908 g/mol. The molecule has 4 aromatic heterocycles. The van der Waals surface area contributed by atoms with E-state index in [0.717, 1.165) is 24.3 Å². The Hall–Kier alpha value is -7.24. The van der Waals surface area contributed by atoms with Gasteiger partial charge in [0.05, 0.1) is 5.60 Å². The van der Waals surface area contributed by atoms with Crippen molar-refractivity contribution in [1.82, 2.24) is 50.0 Å². The fraction of sp³-hybridized carbons (Fsp3) is 0.429. The summed E-state index contributed by atoms with van der Waals surface area (Å²) in [5, 5.41) is 50.8. The molecular weight excluding hydrogens is 853 g/mol. The van der Waals surface area contributed by atoms with Gasteiger partial charge in [0.2, 0.25) is 0 Å². The van der Waals surface area contributed by atoms with Gasteiger partial charge in [-0.05, 0) is 64.8 Å². The molecular formula is C42H56N10O13. The van der Waals surface area contributed by atoms with Crippen LogP contribution in [0.4, 0.5) is 0 Å². The Morgan fingerprint density at radius 1 is 0.492 bits per heavy atom. The van der Waals surface area contributed by atoms with Crippen molar-refractivity contribution < 1.29 is 44.7 Å². The molecule has 0 aliphatic rings. The summed E-state index contributed by atoms with van der Waals surface area (Å²) in [4.78, 5) is 102. The highest BCUT2D eigenvalue weighted by atomic mass is 16.5. The summed E-state index contributed by atoms with van der Waals surface area (Å²) in [6.07, 6.45) is 0.917. The predicted molar refractivity (Wildman–Crippen MR) is 232 cm³/mol. The lowest BCUT2D eigenvalue weighted by Gasteiger charge is -2.40. The highest BCUT2D eigenvalue weighted by Gasteiger charge is 2.29. The number of hydrogen-bond acceptors (Lipinski definition) is 15. The Morgan fingerprint density at radius 2 is 0.800 bits per heavy atom. The summed E-state index contributed by atoms with van der Waals surface area (Å²) in [7, 11) is 0. The van der Waals surface area contributed by atoms with Crippen LogP contribution < -0.4 is 43.5 Å². The second-order valence-corrected chi connectivity index (χ2v) is 16.0. The van der Waals surface area contributed by atoms with Crippen molar-refractivity contribution in [3.63, 3.8) is 0 Å². The third-order valence-electron chi connectivity index (χ3n) is 10.5. The molecule has 23 nitrogen and oxygen atoms in total. The van der Waals surface area contributed by atoms with E-state index in [9.17, 15) is 59.2 Å². The van der Waals surface area contributed by atoms with E-state index >= 15 is 0 Å². The highest BCUT2D eigenvalue weighted by Crippen LogP contribution is 2.22. The number of hydrogen-bond donors (Lipinski definition) is 8. The number of pyridine rings is 4. The number of amides is 4. The molecule has 0 aliphatic heterocycles. The molecule has 0 fully saturated rings. The number of carbonyl (C=O) groups excluding carboxylic acids is 4. The summed E-state index contributed by atoms with van der Waals surface area (Å²) >= 11 is 0.